The number of aromatic nitrogens is 1. The third-order valence-electron chi connectivity index (χ3n) is 3.01. The standard InChI is InChI=1S/C15H15F3N2S/c1-19-13(11-5-3-2-4-6-11)10-21-14-8-7-12(9-20-14)15(16,17)18/h2-9,13,19H,10H2,1H3. The molecule has 1 heterocycles. The van der Waals surface area contributed by atoms with E-state index in [1.807, 2.05) is 37.4 Å². The molecule has 0 fully saturated rings. The van der Waals surface area contributed by atoms with Gasteiger partial charge < -0.3 is 5.32 Å². The van der Waals surface area contributed by atoms with Crippen LogP contribution in [0.1, 0.15) is 17.2 Å². The van der Waals surface area contributed by atoms with Crippen molar-refractivity contribution in [1.29, 1.82) is 0 Å². The summed E-state index contributed by atoms with van der Waals surface area (Å²) in [6.07, 6.45) is -3.47. The highest BCUT2D eigenvalue weighted by Crippen LogP contribution is 2.30. The molecule has 0 spiro atoms. The second-order valence-corrected chi connectivity index (χ2v) is 5.49. The molecule has 0 bridgehead atoms. The van der Waals surface area contributed by atoms with E-state index in [2.05, 4.69) is 10.3 Å². The Hall–Kier alpha value is -1.53. The average Bonchev–Trinajstić information content (AvgIpc) is 2.48. The first-order chi connectivity index (χ1) is 10.0. The van der Waals surface area contributed by atoms with Crippen LogP contribution < -0.4 is 5.32 Å². The van der Waals surface area contributed by atoms with Crippen LogP contribution in [0, 0.1) is 0 Å². The van der Waals surface area contributed by atoms with E-state index in [1.54, 1.807) is 0 Å². The quantitative estimate of drug-likeness (QED) is 0.840. The monoisotopic (exact) mass is 312 g/mol. The van der Waals surface area contributed by atoms with Crippen molar-refractivity contribution >= 4 is 11.8 Å². The second kappa shape index (κ2) is 6.95. The van der Waals surface area contributed by atoms with Gasteiger partial charge >= 0.3 is 6.18 Å². The first kappa shape index (κ1) is 15.9. The number of thioether (sulfide) groups is 1. The van der Waals surface area contributed by atoms with Crippen molar-refractivity contribution in [2.24, 2.45) is 0 Å². The van der Waals surface area contributed by atoms with Crippen LogP contribution in [0.4, 0.5) is 13.2 Å². The number of rotatable bonds is 5. The summed E-state index contributed by atoms with van der Waals surface area (Å²) in [4.78, 5) is 3.86. The smallest absolute Gasteiger partial charge is 0.312 e. The highest BCUT2D eigenvalue weighted by atomic mass is 32.2. The molecular weight excluding hydrogens is 297 g/mol. The fourth-order valence-electron chi connectivity index (χ4n) is 1.83. The van der Waals surface area contributed by atoms with Gasteiger partial charge in [0.25, 0.3) is 0 Å². The molecule has 1 unspecified atom stereocenters. The number of hydrogen-bond donors (Lipinski definition) is 1. The molecular formula is C15H15F3N2S. The van der Waals surface area contributed by atoms with Crippen molar-refractivity contribution in [3.8, 4) is 0 Å². The summed E-state index contributed by atoms with van der Waals surface area (Å²) in [5.74, 6) is 0.693. The lowest BCUT2D eigenvalue weighted by molar-refractivity contribution is -0.137. The fraction of sp³-hybridized carbons (Fsp3) is 0.267. The molecule has 0 aliphatic rings. The van der Waals surface area contributed by atoms with E-state index in [0.29, 0.717) is 10.8 Å². The first-order valence-corrected chi connectivity index (χ1v) is 7.37. The van der Waals surface area contributed by atoms with Gasteiger partial charge in [-0.2, -0.15) is 13.2 Å². The number of hydrogen-bond acceptors (Lipinski definition) is 3. The maximum absolute atomic E-state index is 12.5. The van der Waals surface area contributed by atoms with Gasteiger partial charge in [-0.3, -0.25) is 0 Å². The normalized spacial score (nSPS) is 13.1. The predicted octanol–water partition coefficient (Wildman–Crippen LogP) is 4.15. The molecule has 0 amide bonds. The molecule has 2 aromatic rings. The van der Waals surface area contributed by atoms with Crippen LogP contribution in [0.25, 0.3) is 0 Å². The van der Waals surface area contributed by atoms with Crippen molar-refractivity contribution in [2.75, 3.05) is 12.8 Å². The molecule has 0 radical (unpaired) electrons. The van der Waals surface area contributed by atoms with Crippen LogP contribution in [0.5, 0.6) is 0 Å². The van der Waals surface area contributed by atoms with Crippen LogP contribution in [-0.4, -0.2) is 17.8 Å². The van der Waals surface area contributed by atoms with E-state index >= 15 is 0 Å². The number of nitrogens with zero attached hydrogens (tertiary/aromatic N) is 1. The molecule has 0 saturated carbocycles. The van der Waals surface area contributed by atoms with Crippen LogP contribution in [0.15, 0.2) is 53.7 Å². The van der Waals surface area contributed by atoms with Gasteiger partial charge in [0.1, 0.15) is 0 Å². The Labute approximate surface area is 125 Å². The van der Waals surface area contributed by atoms with E-state index in [4.69, 9.17) is 0 Å². The minimum Gasteiger partial charge on any atom is -0.312 e. The number of benzene rings is 1. The van der Waals surface area contributed by atoms with Crippen LogP contribution in [-0.2, 0) is 6.18 Å². The lowest BCUT2D eigenvalue weighted by atomic mass is 10.1. The number of nitrogens with one attached hydrogen (secondary N) is 1. The number of alkyl halides is 3. The lowest BCUT2D eigenvalue weighted by Crippen LogP contribution is -2.18. The summed E-state index contributed by atoms with van der Waals surface area (Å²) in [5.41, 5.74) is 0.416. The molecule has 1 aromatic carbocycles. The Morgan fingerprint density at radius 3 is 2.38 bits per heavy atom. The summed E-state index contributed by atoms with van der Waals surface area (Å²) in [5, 5.41) is 3.78. The van der Waals surface area contributed by atoms with Crippen LogP contribution >= 0.6 is 11.8 Å². The van der Waals surface area contributed by atoms with Crippen molar-refractivity contribution < 1.29 is 13.2 Å². The van der Waals surface area contributed by atoms with Crippen molar-refractivity contribution in [3.05, 3.63) is 59.8 Å². The fourth-order valence-corrected chi connectivity index (χ4v) is 2.82. The highest BCUT2D eigenvalue weighted by molar-refractivity contribution is 7.99. The summed E-state index contributed by atoms with van der Waals surface area (Å²) < 4.78 is 37.4. The van der Waals surface area contributed by atoms with Crippen molar-refractivity contribution in [1.82, 2.24) is 10.3 Å². The van der Waals surface area contributed by atoms with Gasteiger partial charge in [0.2, 0.25) is 0 Å². The molecule has 0 saturated heterocycles. The molecule has 1 N–H and O–H groups in total. The summed E-state index contributed by atoms with van der Waals surface area (Å²) in [6.45, 7) is 0. The van der Waals surface area contributed by atoms with Crippen molar-refractivity contribution in [3.63, 3.8) is 0 Å². The SMILES string of the molecule is CNC(CSc1ccc(C(F)(F)F)cn1)c1ccccc1. The van der Waals surface area contributed by atoms with E-state index in [1.165, 1.54) is 17.8 Å². The van der Waals surface area contributed by atoms with Crippen LogP contribution in [0.3, 0.4) is 0 Å². The van der Waals surface area contributed by atoms with E-state index in [-0.39, 0.29) is 6.04 Å². The maximum Gasteiger partial charge on any atom is 0.417 e. The van der Waals surface area contributed by atoms with Gasteiger partial charge in [-0.15, -0.1) is 11.8 Å². The van der Waals surface area contributed by atoms with Crippen molar-refractivity contribution in [2.45, 2.75) is 17.2 Å². The van der Waals surface area contributed by atoms with Gasteiger partial charge in [0, 0.05) is 18.0 Å². The minimum absolute atomic E-state index is 0.125. The Balaban J connectivity index is 1.99. The zero-order valence-corrected chi connectivity index (χ0v) is 12.2. The Morgan fingerprint density at radius 2 is 1.86 bits per heavy atom. The molecule has 21 heavy (non-hydrogen) atoms. The molecule has 2 nitrogen and oxygen atoms in total. The lowest BCUT2D eigenvalue weighted by Gasteiger charge is -2.16. The predicted molar refractivity (Wildman–Crippen MR) is 78.2 cm³/mol. The number of pyridine rings is 1. The Bertz CT molecular complexity index is 555. The zero-order valence-electron chi connectivity index (χ0n) is 11.4. The van der Waals surface area contributed by atoms with Gasteiger partial charge in [0.05, 0.1) is 10.6 Å². The van der Waals surface area contributed by atoms with Gasteiger partial charge in [-0.05, 0) is 24.7 Å². The molecule has 6 heteroatoms. The summed E-state index contributed by atoms with van der Waals surface area (Å²) >= 11 is 1.43. The molecule has 0 aliphatic heterocycles. The summed E-state index contributed by atoms with van der Waals surface area (Å²) in [7, 11) is 1.86. The molecule has 2 rings (SSSR count). The molecule has 1 aromatic heterocycles. The van der Waals surface area contributed by atoms with E-state index < -0.39 is 11.7 Å². The molecule has 1 atom stereocenters. The third kappa shape index (κ3) is 4.47. The van der Waals surface area contributed by atoms with Gasteiger partial charge in [-0.25, -0.2) is 4.98 Å². The minimum atomic E-state index is -4.34. The maximum atomic E-state index is 12.5. The molecule has 112 valence electrons. The third-order valence-corrected chi connectivity index (χ3v) is 4.05. The Kier molecular flexibility index (Phi) is 5.25. The van der Waals surface area contributed by atoms with Gasteiger partial charge in [0.15, 0.2) is 0 Å². The highest BCUT2D eigenvalue weighted by Gasteiger charge is 2.30. The molecule has 0 aliphatic carbocycles. The van der Waals surface area contributed by atoms with Crippen LogP contribution in [0.2, 0.25) is 0 Å². The zero-order chi connectivity index (χ0) is 15.3. The Morgan fingerprint density at radius 1 is 1.14 bits per heavy atom. The topological polar surface area (TPSA) is 24.9 Å². The van der Waals surface area contributed by atoms with E-state index in [0.717, 1.165) is 17.8 Å². The largest absolute Gasteiger partial charge is 0.417 e. The van der Waals surface area contributed by atoms with Gasteiger partial charge in [-0.1, -0.05) is 30.3 Å². The average molecular weight is 312 g/mol. The second-order valence-electron chi connectivity index (χ2n) is 4.45. The van der Waals surface area contributed by atoms with E-state index in [9.17, 15) is 13.2 Å². The first-order valence-electron chi connectivity index (χ1n) is 6.39. The number of halogens is 3. The summed E-state index contributed by atoms with van der Waals surface area (Å²) in [6, 6.07) is 12.5.